The molecule has 0 spiro atoms. The molecule has 21 heavy (non-hydrogen) atoms. The number of hydrogen-bond donors (Lipinski definition) is 0. The van der Waals surface area contributed by atoms with Gasteiger partial charge in [-0.25, -0.2) is 4.98 Å². The van der Waals surface area contributed by atoms with Crippen LogP contribution in [0.1, 0.15) is 12.1 Å². The van der Waals surface area contributed by atoms with Crippen molar-refractivity contribution < 1.29 is 19.0 Å². The molecule has 116 valence electrons. The van der Waals surface area contributed by atoms with Crippen molar-refractivity contribution in [2.45, 2.75) is 12.8 Å². The van der Waals surface area contributed by atoms with Crippen molar-refractivity contribution in [3.63, 3.8) is 0 Å². The van der Waals surface area contributed by atoms with Gasteiger partial charge in [-0.05, 0) is 12.3 Å². The van der Waals surface area contributed by atoms with Crippen molar-refractivity contribution in [1.82, 2.24) is 14.9 Å². The molecule has 0 bridgehead atoms. The van der Waals surface area contributed by atoms with E-state index in [1.807, 2.05) is 4.90 Å². The summed E-state index contributed by atoms with van der Waals surface area (Å²) < 4.78 is 15.2. The van der Waals surface area contributed by atoms with Gasteiger partial charge in [0.25, 0.3) is 0 Å². The Bertz CT molecular complexity index is 473. The van der Waals surface area contributed by atoms with Gasteiger partial charge in [0.2, 0.25) is 11.8 Å². The molecule has 1 aliphatic heterocycles. The van der Waals surface area contributed by atoms with E-state index in [4.69, 9.17) is 14.2 Å². The largest absolute Gasteiger partial charge is 0.481 e. The lowest BCUT2D eigenvalue weighted by Crippen LogP contribution is -2.29. The summed E-state index contributed by atoms with van der Waals surface area (Å²) in [7, 11) is 4.71. The smallest absolute Gasteiger partial charge is 0.319 e. The number of ether oxygens (including phenoxy) is 3. The molecular weight excluding hydrogens is 274 g/mol. The molecule has 0 N–H and O–H groups in total. The van der Waals surface area contributed by atoms with Crippen LogP contribution in [0.5, 0.6) is 11.9 Å². The number of carbonyl (C=O) groups is 1. The van der Waals surface area contributed by atoms with Crippen LogP contribution in [-0.4, -0.2) is 61.8 Å². The third kappa shape index (κ3) is 4.04. The van der Waals surface area contributed by atoms with Crippen molar-refractivity contribution in [2.75, 3.05) is 41.0 Å². The third-order valence-corrected chi connectivity index (χ3v) is 3.48. The zero-order chi connectivity index (χ0) is 15.2. The number of nitrogens with zero attached hydrogens (tertiary/aromatic N) is 3. The Kier molecular flexibility index (Phi) is 5.32. The summed E-state index contributed by atoms with van der Waals surface area (Å²) in [5.41, 5.74) is 0.824. The van der Waals surface area contributed by atoms with Crippen LogP contribution >= 0.6 is 0 Å². The highest BCUT2D eigenvalue weighted by molar-refractivity contribution is 5.78. The molecule has 0 aliphatic carbocycles. The normalized spacial score (nSPS) is 18.1. The molecule has 0 unspecified atom stereocenters. The first-order valence-corrected chi connectivity index (χ1v) is 6.89. The van der Waals surface area contributed by atoms with Gasteiger partial charge in [-0.3, -0.25) is 4.79 Å². The fourth-order valence-corrected chi connectivity index (χ4v) is 2.45. The highest BCUT2D eigenvalue weighted by Crippen LogP contribution is 2.23. The van der Waals surface area contributed by atoms with Crippen molar-refractivity contribution in [3.8, 4) is 11.9 Å². The second-order valence-corrected chi connectivity index (χ2v) is 5.00. The number of hydrogen-bond acceptors (Lipinski definition) is 6. The van der Waals surface area contributed by atoms with Gasteiger partial charge in [0.1, 0.15) is 0 Å². The lowest BCUT2D eigenvalue weighted by Gasteiger charge is -2.16. The zero-order valence-corrected chi connectivity index (χ0v) is 12.7. The molecule has 7 nitrogen and oxygen atoms in total. The summed E-state index contributed by atoms with van der Waals surface area (Å²) in [5, 5.41) is 0. The molecule has 1 fully saturated rings. The maximum absolute atomic E-state index is 11.9. The Morgan fingerprint density at radius 3 is 2.76 bits per heavy atom. The molecule has 0 radical (unpaired) electrons. The zero-order valence-electron chi connectivity index (χ0n) is 12.7. The van der Waals surface area contributed by atoms with E-state index in [1.54, 1.807) is 20.3 Å². The molecule has 7 heteroatoms. The average molecular weight is 295 g/mol. The molecular formula is C14H21N3O4. The van der Waals surface area contributed by atoms with Crippen LogP contribution < -0.4 is 9.47 Å². The Morgan fingerprint density at radius 1 is 1.29 bits per heavy atom. The molecule has 1 aliphatic rings. The minimum atomic E-state index is 0.171. The van der Waals surface area contributed by atoms with Crippen molar-refractivity contribution >= 4 is 5.91 Å². The fraction of sp³-hybridized carbons (Fsp3) is 0.643. The Morgan fingerprint density at radius 2 is 2.10 bits per heavy atom. The van der Waals surface area contributed by atoms with Crippen LogP contribution in [0.25, 0.3) is 0 Å². The van der Waals surface area contributed by atoms with Gasteiger partial charge in [-0.1, -0.05) is 0 Å². The highest BCUT2D eigenvalue weighted by Gasteiger charge is 2.29. The molecule has 2 heterocycles. The summed E-state index contributed by atoms with van der Waals surface area (Å²) in [6, 6.07) is 2.06. The van der Waals surface area contributed by atoms with E-state index in [-0.39, 0.29) is 17.8 Å². The SMILES string of the molecule is COCCN1C[C@H](Cc2cc(OC)nc(OC)n2)CC1=O. The summed E-state index contributed by atoms with van der Waals surface area (Å²) in [6.45, 7) is 1.94. The Hall–Kier alpha value is -1.89. The Balaban J connectivity index is 2.00. The van der Waals surface area contributed by atoms with Crippen LogP contribution in [0.15, 0.2) is 6.07 Å². The molecule has 0 saturated carbocycles. The standard InChI is InChI=1S/C14H21N3O4/c1-19-5-4-17-9-10(7-13(17)18)6-11-8-12(20-2)16-14(15-11)21-3/h8,10H,4-7,9H2,1-3H3/t10-/m1/s1. The second-order valence-electron chi connectivity index (χ2n) is 5.00. The fourth-order valence-electron chi connectivity index (χ4n) is 2.45. The molecule has 1 atom stereocenters. The number of methoxy groups -OCH3 is 3. The van der Waals surface area contributed by atoms with Crippen LogP contribution in [0.3, 0.4) is 0 Å². The number of rotatable bonds is 7. The lowest BCUT2D eigenvalue weighted by atomic mass is 10.0. The summed E-state index contributed by atoms with van der Waals surface area (Å²) in [4.78, 5) is 22.1. The van der Waals surface area contributed by atoms with E-state index in [9.17, 15) is 4.79 Å². The quantitative estimate of drug-likeness (QED) is 0.730. The Labute approximate surface area is 124 Å². The van der Waals surface area contributed by atoms with Crippen LogP contribution in [-0.2, 0) is 16.0 Å². The third-order valence-electron chi connectivity index (χ3n) is 3.48. The monoisotopic (exact) mass is 295 g/mol. The number of likely N-dealkylation sites (tertiary alicyclic amines) is 1. The van der Waals surface area contributed by atoms with Gasteiger partial charge in [0.15, 0.2) is 0 Å². The topological polar surface area (TPSA) is 73.8 Å². The van der Waals surface area contributed by atoms with Crippen molar-refractivity contribution in [2.24, 2.45) is 5.92 Å². The van der Waals surface area contributed by atoms with Gasteiger partial charge in [-0.2, -0.15) is 4.98 Å². The first-order chi connectivity index (χ1) is 10.2. The van der Waals surface area contributed by atoms with Gasteiger partial charge in [0, 0.05) is 32.7 Å². The summed E-state index contributed by atoms with van der Waals surface area (Å²) >= 11 is 0. The minimum absolute atomic E-state index is 0.171. The predicted molar refractivity (Wildman–Crippen MR) is 75.4 cm³/mol. The van der Waals surface area contributed by atoms with Gasteiger partial charge < -0.3 is 19.1 Å². The predicted octanol–water partition coefficient (Wildman–Crippen LogP) is 0.531. The van der Waals surface area contributed by atoms with Crippen molar-refractivity contribution in [1.29, 1.82) is 0 Å². The number of amides is 1. The highest BCUT2D eigenvalue weighted by atomic mass is 16.5. The van der Waals surface area contributed by atoms with Crippen LogP contribution in [0.2, 0.25) is 0 Å². The van der Waals surface area contributed by atoms with Crippen molar-refractivity contribution in [3.05, 3.63) is 11.8 Å². The maximum Gasteiger partial charge on any atom is 0.319 e. The van der Waals surface area contributed by atoms with Gasteiger partial charge in [-0.15, -0.1) is 0 Å². The van der Waals surface area contributed by atoms with E-state index < -0.39 is 0 Å². The average Bonchev–Trinajstić information content (AvgIpc) is 2.84. The minimum Gasteiger partial charge on any atom is -0.481 e. The first kappa shape index (κ1) is 15.5. The van der Waals surface area contributed by atoms with Gasteiger partial charge >= 0.3 is 6.01 Å². The molecule has 1 amide bonds. The second kappa shape index (κ2) is 7.21. The molecule has 1 aromatic rings. The molecule has 0 aromatic carbocycles. The van der Waals surface area contributed by atoms with E-state index in [0.29, 0.717) is 31.9 Å². The van der Waals surface area contributed by atoms with E-state index >= 15 is 0 Å². The summed E-state index contributed by atoms with van der Waals surface area (Å²) in [6.07, 6.45) is 1.24. The molecule has 1 aromatic heterocycles. The molecule has 1 saturated heterocycles. The first-order valence-electron chi connectivity index (χ1n) is 6.89. The van der Waals surface area contributed by atoms with Crippen LogP contribution in [0.4, 0.5) is 0 Å². The van der Waals surface area contributed by atoms with E-state index in [1.165, 1.54) is 7.11 Å². The van der Waals surface area contributed by atoms with Crippen LogP contribution in [0, 0.1) is 5.92 Å². The lowest BCUT2D eigenvalue weighted by molar-refractivity contribution is -0.128. The summed E-state index contributed by atoms with van der Waals surface area (Å²) in [5.74, 6) is 0.890. The maximum atomic E-state index is 11.9. The number of aromatic nitrogens is 2. The van der Waals surface area contributed by atoms with Gasteiger partial charge in [0.05, 0.1) is 26.5 Å². The van der Waals surface area contributed by atoms with E-state index in [0.717, 1.165) is 12.2 Å². The number of carbonyl (C=O) groups excluding carboxylic acids is 1. The van der Waals surface area contributed by atoms with E-state index in [2.05, 4.69) is 9.97 Å². The molecule has 2 rings (SSSR count).